The van der Waals surface area contributed by atoms with Crippen molar-refractivity contribution in [2.45, 2.75) is 13.0 Å². The van der Waals surface area contributed by atoms with Gasteiger partial charge < -0.3 is 10.0 Å². The third kappa shape index (κ3) is 3.02. The van der Waals surface area contributed by atoms with Crippen molar-refractivity contribution in [1.82, 2.24) is 0 Å². The van der Waals surface area contributed by atoms with Gasteiger partial charge >= 0.3 is 0 Å². The Balaban J connectivity index is 1.63. The molecule has 0 aliphatic carbocycles. The summed E-state index contributed by atoms with van der Waals surface area (Å²) >= 11 is 0. The quantitative estimate of drug-likeness (QED) is 0.731. The molecule has 0 saturated heterocycles. The van der Waals surface area contributed by atoms with Crippen molar-refractivity contribution in [3.63, 3.8) is 0 Å². The highest BCUT2D eigenvalue weighted by Crippen LogP contribution is 2.32. The van der Waals surface area contributed by atoms with Crippen LogP contribution in [-0.4, -0.2) is 18.8 Å². The lowest BCUT2D eigenvalue weighted by molar-refractivity contribution is -0.672. The van der Waals surface area contributed by atoms with Crippen LogP contribution in [0.3, 0.4) is 0 Å². The molecule has 0 fully saturated rings. The molecule has 0 atom stereocenters. The lowest BCUT2D eigenvalue weighted by Gasteiger charge is -2.13. The molecule has 2 heterocycles. The van der Waals surface area contributed by atoms with Gasteiger partial charge in [-0.1, -0.05) is 42.5 Å². The summed E-state index contributed by atoms with van der Waals surface area (Å²) in [6.45, 7) is 0.750. The fourth-order valence-electron chi connectivity index (χ4n) is 3.65. The molecule has 3 nitrogen and oxygen atoms in total. The second kappa shape index (κ2) is 7.14. The first kappa shape index (κ1) is 16.6. The zero-order valence-corrected chi connectivity index (χ0v) is 15.0. The number of likely N-dealkylation sites (N-methyl/N-ethyl adjacent to an activating group) is 1. The Kier molecular flexibility index (Phi) is 4.55. The summed E-state index contributed by atoms with van der Waals surface area (Å²) < 4.78 is 2.09. The number of para-hydroxylation sites is 2. The van der Waals surface area contributed by atoms with Gasteiger partial charge in [0, 0.05) is 37.0 Å². The molecule has 3 heteroatoms. The van der Waals surface area contributed by atoms with E-state index in [2.05, 4.69) is 83.3 Å². The number of anilines is 1. The summed E-state index contributed by atoms with van der Waals surface area (Å²) in [6, 6.07) is 19.0. The van der Waals surface area contributed by atoms with Gasteiger partial charge in [-0.25, -0.2) is 0 Å². The number of fused-ring (bicyclic) bond motifs is 2. The molecule has 4 rings (SSSR count). The molecular weight excluding hydrogens is 320 g/mol. The molecule has 26 heavy (non-hydrogen) atoms. The number of pyridine rings is 1. The summed E-state index contributed by atoms with van der Waals surface area (Å²) in [5, 5.41) is 10.5. The highest BCUT2D eigenvalue weighted by molar-refractivity contribution is 5.85. The van der Waals surface area contributed by atoms with E-state index in [4.69, 9.17) is 0 Å². The van der Waals surface area contributed by atoms with Crippen LogP contribution in [0.5, 0.6) is 0 Å². The first-order valence-electron chi connectivity index (χ1n) is 8.99. The Morgan fingerprint density at radius 3 is 2.73 bits per heavy atom. The molecule has 2 aromatic carbocycles. The molecule has 1 N–H and O–H groups in total. The molecule has 0 saturated carbocycles. The summed E-state index contributed by atoms with van der Waals surface area (Å²) in [7, 11) is 2.13. The van der Waals surface area contributed by atoms with Gasteiger partial charge in [-0.2, -0.15) is 4.57 Å². The SMILES string of the molecule is CN1C(=CC=Cc2cc[n+](CCO)c3ccccc23)Cc2ccccc21. The summed E-state index contributed by atoms with van der Waals surface area (Å²) in [4.78, 5) is 2.26. The van der Waals surface area contributed by atoms with Gasteiger partial charge in [-0.3, -0.25) is 0 Å². The van der Waals surface area contributed by atoms with E-state index >= 15 is 0 Å². The van der Waals surface area contributed by atoms with Crippen LogP contribution in [0.25, 0.3) is 17.0 Å². The van der Waals surface area contributed by atoms with Crippen molar-refractivity contribution in [2.75, 3.05) is 18.6 Å². The highest BCUT2D eigenvalue weighted by atomic mass is 16.3. The molecule has 0 bridgehead atoms. The summed E-state index contributed by atoms with van der Waals surface area (Å²) in [5.74, 6) is 0. The summed E-state index contributed by atoms with van der Waals surface area (Å²) in [5.41, 5.74) is 6.30. The molecule has 3 aromatic rings. The fraction of sp³-hybridized carbons (Fsp3) is 0.174. The van der Waals surface area contributed by atoms with Gasteiger partial charge in [0.25, 0.3) is 0 Å². The molecule has 0 radical (unpaired) electrons. The van der Waals surface area contributed by atoms with Crippen molar-refractivity contribution >= 4 is 22.7 Å². The third-order valence-corrected chi connectivity index (χ3v) is 5.02. The molecule has 1 aliphatic heterocycles. The van der Waals surface area contributed by atoms with Crippen LogP contribution >= 0.6 is 0 Å². The van der Waals surface area contributed by atoms with Gasteiger partial charge in [0.15, 0.2) is 12.7 Å². The molecule has 1 aliphatic rings. The van der Waals surface area contributed by atoms with E-state index in [0.29, 0.717) is 6.54 Å². The minimum Gasteiger partial charge on any atom is -0.390 e. The molecule has 0 amide bonds. The Morgan fingerprint density at radius 1 is 1.08 bits per heavy atom. The summed E-state index contributed by atoms with van der Waals surface area (Å²) in [6.07, 6.45) is 9.51. The largest absolute Gasteiger partial charge is 0.390 e. The van der Waals surface area contributed by atoms with Gasteiger partial charge in [-0.05, 0) is 29.3 Å². The number of benzene rings is 2. The van der Waals surface area contributed by atoms with Crippen LogP contribution in [0, 0.1) is 0 Å². The van der Waals surface area contributed by atoms with Crippen molar-refractivity contribution in [2.24, 2.45) is 0 Å². The number of allylic oxidation sites excluding steroid dienone is 3. The van der Waals surface area contributed by atoms with E-state index in [1.807, 2.05) is 12.3 Å². The highest BCUT2D eigenvalue weighted by Gasteiger charge is 2.19. The maximum absolute atomic E-state index is 9.26. The van der Waals surface area contributed by atoms with Crippen LogP contribution in [-0.2, 0) is 13.0 Å². The van der Waals surface area contributed by atoms with Crippen LogP contribution in [0.1, 0.15) is 11.1 Å². The second-order valence-electron chi connectivity index (χ2n) is 6.59. The van der Waals surface area contributed by atoms with Gasteiger partial charge in [0.05, 0.1) is 5.39 Å². The predicted molar refractivity (Wildman–Crippen MR) is 107 cm³/mol. The van der Waals surface area contributed by atoms with Crippen LogP contribution in [0.15, 0.2) is 78.6 Å². The number of hydrogen-bond donors (Lipinski definition) is 1. The Morgan fingerprint density at radius 2 is 1.88 bits per heavy atom. The number of nitrogens with zero attached hydrogens (tertiary/aromatic N) is 2. The van der Waals surface area contributed by atoms with E-state index in [9.17, 15) is 5.11 Å². The lowest BCUT2D eigenvalue weighted by atomic mass is 10.1. The van der Waals surface area contributed by atoms with Crippen molar-refractivity contribution in [3.8, 4) is 0 Å². The second-order valence-corrected chi connectivity index (χ2v) is 6.59. The number of hydrogen-bond acceptors (Lipinski definition) is 2. The van der Waals surface area contributed by atoms with Crippen molar-refractivity contribution < 1.29 is 9.67 Å². The number of aliphatic hydroxyl groups excluding tert-OH is 1. The number of rotatable bonds is 4. The molecule has 130 valence electrons. The fourth-order valence-corrected chi connectivity index (χ4v) is 3.65. The van der Waals surface area contributed by atoms with Gasteiger partial charge in [0.2, 0.25) is 5.52 Å². The monoisotopic (exact) mass is 343 g/mol. The van der Waals surface area contributed by atoms with Crippen molar-refractivity contribution in [1.29, 1.82) is 0 Å². The Hall–Kier alpha value is -2.91. The first-order chi connectivity index (χ1) is 12.8. The average Bonchev–Trinajstić information content (AvgIpc) is 3.00. The van der Waals surface area contributed by atoms with E-state index < -0.39 is 0 Å². The van der Waals surface area contributed by atoms with E-state index in [1.54, 1.807) is 0 Å². The van der Waals surface area contributed by atoms with Crippen molar-refractivity contribution in [3.05, 3.63) is 89.8 Å². The van der Waals surface area contributed by atoms with Gasteiger partial charge in [-0.15, -0.1) is 0 Å². The number of aliphatic hydroxyl groups is 1. The molecular formula is C23H23N2O+. The molecule has 0 unspecified atom stereocenters. The zero-order chi connectivity index (χ0) is 17.9. The Bertz CT molecular complexity index is 1000. The standard InChI is InChI=1S/C23H23N2O/c1-24-20(17-19-7-2-4-11-22(19)24)9-6-8-18-13-14-25(15-16-26)23-12-5-3-10-21(18)23/h2-14,26H,15-17H2,1H3/q+1. The maximum atomic E-state index is 9.26. The lowest BCUT2D eigenvalue weighted by Crippen LogP contribution is -2.36. The van der Waals surface area contributed by atoms with E-state index in [0.717, 1.165) is 11.9 Å². The maximum Gasteiger partial charge on any atom is 0.213 e. The van der Waals surface area contributed by atoms with Crippen LogP contribution in [0.2, 0.25) is 0 Å². The zero-order valence-electron chi connectivity index (χ0n) is 15.0. The minimum atomic E-state index is 0.142. The number of aromatic nitrogens is 1. The average molecular weight is 343 g/mol. The molecule has 1 aromatic heterocycles. The Labute approximate surface area is 154 Å². The topological polar surface area (TPSA) is 27.4 Å². The minimum absolute atomic E-state index is 0.142. The van der Waals surface area contributed by atoms with Gasteiger partial charge in [0.1, 0.15) is 6.61 Å². The van der Waals surface area contributed by atoms with Crippen LogP contribution < -0.4 is 9.47 Å². The molecule has 0 spiro atoms. The normalized spacial score (nSPS) is 15.3. The van der Waals surface area contributed by atoms with Crippen LogP contribution in [0.4, 0.5) is 5.69 Å². The van der Waals surface area contributed by atoms with E-state index in [1.165, 1.54) is 27.9 Å². The smallest absolute Gasteiger partial charge is 0.213 e. The third-order valence-electron chi connectivity index (χ3n) is 5.02. The predicted octanol–water partition coefficient (Wildman–Crippen LogP) is 3.71. The van der Waals surface area contributed by atoms with E-state index in [-0.39, 0.29) is 6.61 Å². The first-order valence-corrected chi connectivity index (χ1v) is 8.99.